The molecule has 0 saturated carbocycles. The molecule has 0 aromatic heterocycles. The number of carbonyl (C=O) groups excluding carboxylic acids is 1. The molecule has 1 saturated heterocycles. The van der Waals surface area contributed by atoms with Crippen LogP contribution in [0.25, 0.3) is 6.08 Å². The van der Waals surface area contributed by atoms with Gasteiger partial charge in [-0.05, 0) is 35.4 Å². The average Bonchev–Trinajstić information content (AvgIpc) is 2.46. The van der Waals surface area contributed by atoms with Gasteiger partial charge in [0.05, 0.1) is 11.4 Å². The van der Waals surface area contributed by atoms with Gasteiger partial charge in [-0.25, -0.2) is 0 Å². The summed E-state index contributed by atoms with van der Waals surface area (Å²) in [5, 5.41) is 6.53. The van der Waals surface area contributed by atoms with Crippen molar-refractivity contribution in [3.63, 3.8) is 0 Å². The normalized spacial score (nSPS) is 13.4. The van der Waals surface area contributed by atoms with Gasteiger partial charge in [0.25, 0.3) is 5.91 Å². The van der Waals surface area contributed by atoms with Gasteiger partial charge < -0.3 is 16.4 Å². The molecule has 1 amide bonds. The van der Waals surface area contributed by atoms with Crippen molar-refractivity contribution >= 4 is 35.0 Å². The highest BCUT2D eigenvalue weighted by molar-refractivity contribution is 6.32. The molecule has 112 valence electrons. The SMILES string of the molecule is Nc1ccccc1NC(=O)c1ccc(C=C2CNC2)c(Cl)c1. The fourth-order valence-electron chi connectivity index (χ4n) is 2.18. The largest absolute Gasteiger partial charge is 0.397 e. The van der Waals surface area contributed by atoms with Crippen LogP contribution >= 0.6 is 11.6 Å². The summed E-state index contributed by atoms with van der Waals surface area (Å²) >= 11 is 6.26. The second kappa shape index (κ2) is 6.22. The molecule has 2 aromatic rings. The minimum atomic E-state index is -0.232. The number of nitrogen functional groups attached to an aromatic ring is 1. The Hall–Kier alpha value is -2.30. The molecular formula is C17H16ClN3O. The van der Waals surface area contributed by atoms with E-state index in [9.17, 15) is 4.79 Å². The topological polar surface area (TPSA) is 67.1 Å². The van der Waals surface area contributed by atoms with Crippen molar-refractivity contribution in [3.8, 4) is 0 Å². The van der Waals surface area contributed by atoms with Crippen LogP contribution in [0.5, 0.6) is 0 Å². The Morgan fingerprint density at radius 2 is 2.00 bits per heavy atom. The Balaban J connectivity index is 1.78. The van der Waals surface area contributed by atoms with E-state index in [-0.39, 0.29) is 5.91 Å². The third-order valence-electron chi connectivity index (χ3n) is 3.54. The minimum absolute atomic E-state index is 0.232. The number of para-hydroxylation sites is 2. The average molecular weight is 314 g/mol. The highest BCUT2D eigenvalue weighted by atomic mass is 35.5. The Morgan fingerprint density at radius 3 is 2.64 bits per heavy atom. The summed E-state index contributed by atoms with van der Waals surface area (Å²) in [6, 6.07) is 12.4. The molecule has 0 radical (unpaired) electrons. The number of carbonyl (C=O) groups is 1. The second-order valence-electron chi connectivity index (χ2n) is 5.18. The van der Waals surface area contributed by atoms with Crippen LogP contribution in [0.1, 0.15) is 15.9 Å². The first-order chi connectivity index (χ1) is 10.6. The van der Waals surface area contributed by atoms with E-state index in [1.807, 2.05) is 18.2 Å². The third kappa shape index (κ3) is 3.13. The zero-order valence-electron chi connectivity index (χ0n) is 11.9. The standard InChI is InChI=1S/C17H16ClN3O/c18-14-8-13(6-5-12(14)7-11-9-20-10-11)17(22)21-16-4-2-1-3-15(16)19/h1-8,20H,9-10,19H2,(H,21,22). The van der Waals surface area contributed by atoms with Gasteiger partial charge in [0.15, 0.2) is 0 Å². The van der Waals surface area contributed by atoms with Crippen LogP contribution in [0.4, 0.5) is 11.4 Å². The molecular weight excluding hydrogens is 298 g/mol. The van der Waals surface area contributed by atoms with Crippen molar-refractivity contribution < 1.29 is 4.79 Å². The molecule has 1 heterocycles. The van der Waals surface area contributed by atoms with Gasteiger partial charge in [0.1, 0.15) is 0 Å². The van der Waals surface area contributed by atoms with Crippen molar-refractivity contribution in [1.29, 1.82) is 0 Å². The maximum atomic E-state index is 12.3. The van der Waals surface area contributed by atoms with E-state index in [2.05, 4.69) is 16.7 Å². The molecule has 1 aliphatic heterocycles. The fourth-order valence-corrected chi connectivity index (χ4v) is 2.42. The number of halogens is 1. The maximum Gasteiger partial charge on any atom is 0.255 e. The second-order valence-corrected chi connectivity index (χ2v) is 5.59. The summed E-state index contributed by atoms with van der Waals surface area (Å²) in [6.07, 6.45) is 2.05. The molecule has 1 aliphatic rings. The molecule has 2 aromatic carbocycles. The van der Waals surface area contributed by atoms with E-state index in [1.54, 1.807) is 24.3 Å². The lowest BCUT2D eigenvalue weighted by Gasteiger charge is -2.18. The number of benzene rings is 2. The number of rotatable bonds is 3. The minimum Gasteiger partial charge on any atom is -0.397 e. The van der Waals surface area contributed by atoms with Gasteiger partial charge in [0, 0.05) is 23.7 Å². The third-order valence-corrected chi connectivity index (χ3v) is 3.86. The molecule has 4 nitrogen and oxygen atoms in total. The quantitative estimate of drug-likeness (QED) is 0.763. The van der Waals surface area contributed by atoms with Crippen LogP contribution in [0, 0.1) is 0 Å². The van der Waals surface area contributed by atoms with Crippen LogP contribution < -0.4 is 16.4 Å². The van der Waals surface area contributed by atoms with Crippen molar-refractivity contribution in [3.05, 3.63) is 64.2 Å². The molecule has 0 atom stereocenters. The zero-order chi connectivity index (χ0) is 15.5. The van der Waals surface area contributed by atoms with Crippen molar-refractivity contribution in [2.24, 2.45) is 0 Å². The van der Waals surface area contributed by atoms with E-state index < -0.39 is 0 Å². The van der Waals surface area contributed by atoms with Gasteiger partial charge in [0.2, 0.25) is 0 Å². The number of amides is 1. The summed E-state index contributed by atoms with van der Waals surface area (Å²) in [7, 11) is 0. The molecule has 5 heteroatoms. The van der Waals surface area contributed by atoms with Crippen LogP contribution in [-0.4, -0.2) is 19.0 Å². The number of nitrogens with two attached hydrogens (primary N) is 1. The van der Waals surface area contributed by atoms with Gasteiger partial charge in [-0.15, -0.1) is 0 Å². The Kier molecular flexibility index (Phi) is 4.13. The van der Waals surface area contributed by atoms with Gasteiger partial charge in [-0.1, -0.05) is 35.9 Å². The monoisotopic (exact) mass is 313 g/mol. The lowest BCUT2D eigenvalue weighted by atomic mass is 10.0. The number of anilines is 2. The fraction of sp³-hybridized carbons (Fsp3) is 0.118. The van der Waals surface area contributed by atoms with E-state index in [4.69, 9.17) is 17.3 Å². The van der Waals surface area contributed by atoms with E-state index >= 15 is 0 Å². The first kappa shape index (κ1) is 14.6. The van der Waals surface area contributed by atoms with Gasteiger partial charge in [-0.2, -0.15) is 0 Å². The van der Waals surface area contributed by atoms with Gasteiger partial charge >= 0.3 is 0 Å². The van der Waals surface area contributed by atoms with Crippen LogP contribution in [-0.2, 0) is 0 Å². The first-order valence-electron chi connectivity index (χ1n) is 6.99. The molecule has 3 rings (SSSR count). The lowest BCUT2D eigenvalue weighted by Crippen LogP contribution is -2.33. The predicted molar refractivity (Wildman–Crippen MR) is 91.1 cm³/mol. The summed E-state index contributed by atoms with van der Waals surface area (Å²) in [5.41, 5.74) is 9.67. The van der Waals surface area contributed by atoms with E-state index in [1.165, 1.54) is 5.57 Å². The van der Waals surface area contributed by atoms with Gasteiger partial charge in [-0.3, -0.25) is 4.79 Å². The smallest absolute Gasteiger partial charge is 0.255 e. The number of hydrogen-bond donors (Lipinski definition) is 3. The molecule has 0 spiro atoms. The zero-order valence-corrected chi connectivity index (χ0v) is 12.7. The Morgan fingerprint density at radius 1 is 1.23 bits per heavy atom. The first-order valence-corrected chi connectivity index (χ1v) is 7.37. The molecule has 0 aliphatic carbocycles. The molecule has 1 fully saturated rings. The summed E-state index contributed by atoms with van der Waals surface area (Å²) in [4.78, 5) is 12.3. The number of nitrogens with one attached hydrogen (secondary N) is 2. The Labute approximate surface area is 134 Å². The molecule has 22 heavy (non-hydrogen) atoms. The van der Waals surface area contributed by atoms with Crippen LogP contribution in [0.2, 0.25) is 5.02 Å². The van der Waals surface area contributed by atoms with E-state index in [0.717, 1.165) is 18.7 Å². The summed E-state index contributed by atoms with van der Waals surface area (Å²) in [6.45, 7) is 1.79. The summed E-state index contributed by atoms with van der Waals surface area (Å²) in [5.74, 6) is -0.232. The molecule has 0 bridgehead atoms. The lowest BCUT2D eigenvalue weighted by molar-refractivity contribution is 0.102. The Bertz CT molecular complexity index is 749. The maximum absolute atomic E-state index is 12.3. The van der Waals surface area contributed by atoms with Crippen molar-refractivity contribution in [2.75, 3.05) is 24.1 Å². The van der Waals surface area contributed by atoms with Crippen LogP contribution in [0.3, 0.4) is 0 Å². The highest BCUT2D eigenvalue weighted by Gasteiger charge is 2.11. The van der Waals surface area contributed by atoms with E-state index in [0.29, 0.717) is 22.0 Å². The van der Waals surface area contributed by atoms with Crippen LogP contribution in [0.15, 0.2) is 48.0 Å². The molecule has 0 unspecified atom stereocenters. The number of hydrogen-bond acceptors (Lipinski definition) is 3. The predicted octanol–water partition coefficient (Wildman–Crippen LogP) is 3.16. The van der Waals surface area contributed by atoms with Crippen molar-refractivity contribution in [1.82, 2.24) is 5.32 Å². The van der Waals surface area contributed by atoms with Crippen molar-refractivity contribution in [2.45, 2.75) is 0 Å². The highest BCUT2D eigenvalue weighted by Crippen LogP contribution is 2.23. The summed E-state index contributed by atoms with van der Waals surface area (Å²) < 4.78 is 0. The molecule has 4 N–H and O–H groups in total.